The van der Waals surface area contributed by atoms with Gasteiger partial charge in [-0.15, -0.1) is 11.3 Å². The van der Waals surface area contributed by atoms with Crippen LogP contribution in [-0.2, 0) is 16.6 Å². The predicted molar refractivity (Wildman–Crippen MR) is 83.1 cm³/mol. The molecular formula is C14H18N2O3S2. The number of nitrogens with one attached hydrogen (secondary N) is 1. The van der Waals surface area contributed by atoms with Gasteiger partial charge in [0, 0.05) is 23.7 Å². The van der Waals surface area contributed by atoms with Gasteiger partial charge in [0.05, 0.1) is 6.10 Å². The fraction of sp³-hybridized carbons (Fsp3) is 0.357. The van der Waals surface area contributed by atoms with Crippen molar-refractivity contribution in [1.29, 1.82) is 0 Å². The Balaban J connectivity index is 1.99. The number of pyridine rings is 1. The molecule has 0 amide bonds. The molecule has 2 aromatic heterocycles. The molecule has 0 atom stereocenters. The first-order chi connectivity index (χ1) is 9.87. The minimum absolute atomic E-state index is 0.0592. The zero-order valence-electron chi connectivity index (χ0n) is 12.2. The monoisotopic (exact) mass is 326 g/mol. The van der Waals surface area contributed by atoms with Crippen molar-refractivity contribution in [2.24, 2.45) is 0 Å². The van der Waals surface area contributed by atoms with Crippen LogP contribution in [0.4, 0.5) is 0 Å². The molecule has 7 heteroatoms. The van der Waals surface area contributed by atoms with Crippen molar-refractivity contribution in [3.05, 3.63) is 40.9 Å². The molecule has 2 aromatic rings. The van der Waals surface area contributed by atoms with Crippen molar-refractivity contribution in [3.63, 3.8) is 0 Å². The van der Waals surface area contributed by atoms with Crippen LogP contribution in [0.1, 0.15) is 24.3 Å². The normalized spacial score (nSPS) is 11.8. The lowest BCUT2D eigenvalue weighted by molar-refractivity contribution is 0.232. The Morgan fingerprint density at radius 2 is 2.05 bits per heavy atom. The number of aryl methyl sites for hydroxylation is 1. The molecule has 2 heterocycles. The number of ether oxygens (including phenoxy) is 1. The third-order valence-corrected chi connectivity index (χ3v) is 5.49. The van der Waals surface area contributed by atoms with Crippen LogP contribution in [0.5, 0.6) is 5.88 Å². The average molecular weight is 326 g/mol. The van der Waals surface area contributed by atoms with Gasteiger partial charge < -0.3 is 4.74 Å². The first kappa shape index (κ1) is 15.9. The highest BCUT2D eigenvalue weighted by molar-refractivity contribution is 7.91. The maximum absolute atomic E-state index is 12.1. The van der Waals surface area contributed by atoms with Crippen molar-refractivity contribution in [2.75, 3.05) is 0 Å². The van der Waals surface area contributed by atoms with Crippen LogP contribution < -0.4 is 9.46 Å². The van der Waals surface area contributed by atoms with E-state index in [-0.39, 0.29) is 12.6 Å². The Kier molecular flexibility index (Phi) is 4.97. The predicted octanol–water partition coefficient (Wildman–Crippen LogP) is 2.72. The number of aromatic nitrogens is 1. The molecule has 0 bridgehead atoms. The molecule has 0 saturated carbocycles. The smallest absolute Gasteiger partial charge is 0.250 e. The van der Waals surface area contributed by atoms with Gasteiger partial charge in [-0.05, 0) is 38.5 Å². The Labute approximate surface area is 129 Å². The minimum Gasteiger partial charge on any atom is -0.475 e. The molecule has 0 saturated heterocycles. The number of thiophene rings is 1. The van der Waals surface area contributed by atoms with Crippen LogP contribution in [0.25, 0.3) is 0 Å². The van der Waals surface area contributed by atoms with E-state index >= 15 is 0 Å². The van der Waals surface area contributed by atoms with Gasteiger partial charge in [0.1, 0.15) is 4.21 Å². The molecular weight excluding hydrogens is 308 g/mol. The molecule has 0 aromatic carbocycles. The van der Waals surface area contributed by atoms with Gasteiger partial charge in [-0.25, -0.2) is 18.1 Å². The molecule has 0 aliphatic heterocycles. The summed E-state index contributed by atoms with van der Waals surface area (Å²) in [7, 11) is -3.46. The zero-order chi connectivity index (χ0) is 15.5. The zero-order valence-corrected chi connectivity index (χ0v) is 13.8. The summed E-state index contributed by atoms with van der Waals surface area (Å²) in [5.41, 5.74) is 0.781. The Morgan fingerprint density at radius 1 is 1.29 bits per heavy atom. The van der Waals surface area contributed by atoms with Gasteiger partial charge in [0.25, 0.3) is 0 Å². The van der Waals surface area contributed by atoms with E-state index in [0.29, 0.717) is 10.1 Å². The summed E-state index contributed by atoms with van der Waals surface area (Å²) in [4.78, 5) is 5.11. The molecule has 114 valence electrons. The van der Waals surface area contributed by atoms with Gasteiger partial charge in [-0.3, -0.25) is 0 Å². The second-order valence-electron chi connectivity index (χ2n) is 4.86. The highest BCUT2D eigenvalue weighted by Gasteiger charge is 2.15. The van der Waals surface area contributed by atoms with Gasteiger partial charge >= 0.3 is 0 Å². The van der Waals surface area contributed by atoms with Crippen molar-refractivity contribution in [3.8, 4) is 5.88 Å². The fourth-order valence-electron chi connectivity index (χ4n) is 1.63. The van der Waals surface area contributed by atoms with E-state index in [2.05, 4.69) is 9.71 Å². The number of hydrogen-bond donors (Lipinski definition) is 1. The molecule has 21 heavy (non-hydrogen) atoms. The van der Waals surface area contributed by atoms with Gasteiger partial charge in [-0.2, -0.15) is 0 Å². The largest absolute Gasteiger partial charge is 0.475 e. The third kappa shape index (κ3) is 4.52. The minimum atomic E-state index is -3.46. The molecule has 5 nitrogen and oxygen atoms in total. The van der Waals surface area contributed by atoms with Gasteiger partial charge in [0.15, 0.2) is 0 Å². The quantitative estimate of drug-likeness (QED) is 0.886. The molecule has 0 radical (unpaired) electrons. The summed E-state index contributed by atoms with van der Waals surface area (Å²) in [5.74, 6) is 0.533. The van der Waals surface area contributed by atoms with Crippen molar-refractivity contribution < 1.29 is 13.2 Å². The van der Waals surface area contributed by atoms with E-state index in [1.165, 1.54) is 11.3 Å². The maximum atomic E-state index is 12.1. The van der Waals surface area contributed by atoms with E-state index < -0.39 is 10.0 Å². The number of nitrogens with zero attached hydrogens (tertiary/aromatic N) is 1. The van der Waals surface area contributed by atoms with E-state index in [1.54, 1.807) is 30.5 Å². The van der Waals surface area contributed by atoms with Crippen LogP contribution >= 0.6 is 11.3 Å². The lowest BCUT2D eigenvalue weighted by Gasteiger charge is -2.09. The number of hydrogen-bond acceptors (Lipinski definition) is 5. The second-order valence-corrected chi connectivity index (χ2v) is 8.14. The molecule has 1 N–H and O–H groups in total. The summed E-state index contributed by atoms with van der Waals surface area (Å²) < 4.78 is 32.5. The first-order valence-corrected chi connectivity index (χ1v) is 8.84. The molecule has 0 aliphatic carbocycles. The van der Waals surface area contributed by atoms with E-state index in [4.69, 9.17) is 4.74 Å². The maximum Gasteiger partial charge on any atom is 0.250 e. The SMILES string of the molecule is Cc1ccc(S(=O)(=O)NCc2ccc(OC(C)C)nc2)s1. The molecule has 0 unspecified atom stereocenters. The molecule has 2 rings (SSSR count). The average Bonchev–Trinajstić information content (AvgIpc) is 2.85. The summed E-state index contributed by atoms with van der Waals surface area (Å²) in [6, 6.07) is 6.94. The molecule has 0 aliphatic rings. The highest BCUT2D eigenvalue weighted by atomic mass is 32.2. The van der Waals surface area contributed by atoms with Crippen LogP contribution in [0.15, 0.2) is 34.7 Å². The van der Waals surface area contributed by atoms with Crippen molar-refractivity contribution in [2.45, 2.75) is 37.6 Å². The topological polar surface area (TPSA) is 68.3 Å². The number of sulfonamides is 1. The summed E-state index contributed by atoms with van der Waals surface area (Å²) in [6.07, 6.45) is 1.67. The lowest BCUT2D eigenvalue weighted by atomic mass is 10.3. The first-order valence-electron chi connectivity index (χ1n) is 6.54. The van der Waals surface area contributed by atoms with E-state index in [0.717, 1.165) is 10.4 Å². The fourth-order valence-corrected chi connectivity index (χ4v) is 3.98. The van der Waals surface area contributed by atoms with Crippen LogP contribution in [0.3, 0.4) is 0 Å². The highest BCUT2D eigenvalue weighted by Crippen LogP contribution is 2.20. The van der Waals surface area contributed by atoms with Gasteiger partial charge in [-0.1, -0.05) is 6.07 Å². The Hall–Kier alpha value is -1.44. The van der Waals surface area contributed by atoms with Crippen LogP contribution in [-0.4, -0.2) is 19.5 Å². The van der Waals surface area contributed by atoms with Crippen molar-refractivity contribution >= 4 is 21.4 Å². The standard InChI is InChI=1S/C14H18N2O3S2/c1-10(2)19-13-6-5-12(8-15-13)9-16-21(17,18)14-7-4-11(3)20-14/h4-8,10,16H,9H2,1-3H3. The third-order valence-electron chi connectivity index (χ3n) is 2.60. The Morgan fingerprint density at radius 3 is 2.57 bits per heavy atom. The Bertz CT molecular complexity index is 691. The van der Waals surface area contributed by atoms with E-state index in [9.17, 15) is 8.42 Å². The summed E-state index contributed by atoms with van der Waals surface area (Å²) in [5, 5.41) is 0. The molecule has 0 fully saturated rings. The summed E-state index contributed by atoms with van der Waals surface area (Å²) in [6.45, 7) is 5.93. The van der Waals surface area contributed by atoms with Crippen LogP contribution in [0.2, 0.25) is 0 Å². The van der Waals surface area contributed by atoms with E-state index in [1.807, 2.05) is 20.8 Å². The molecule has 0 spiro atoms. The lowest BCUT2D eigenvalue weighted by Crippen LogP contribution is -2.22. The van der Waals surface area contributed by atoms with Crippen molar-refractivity contribution in [1.82, 2.24) is 9.71 Å². The second kappa shape index (κ2) is 6.55. The number of rotatable bonds is 6. The van der Waals surface area contributed by atoms with Gasteiger partial charge in [0.2, 0.25) is 15.9 Å². The van der Waals surface area contributed by atoms with Crippen LogP contribution in [0, 0.1) is 6.92 Å². The summed E-state index contributed by atoms with van der Waals surface area (Å²) >= 11 is 1.25.